The fourth-order valence-electron chi connectivity index (χ4n) is 4.05. The van der Waals surface area contributed by atoms with E-state index in [-0.39, 0.29) is 23.4 Å². The van der Waals surface area contributed by atoms with E-state index in [1.807, 2.05) is 12.3 Å². The smallest absolute Gasteiger partial charge is 0.264 e. The van der Waals surface area contributed by atoms with Crippen molar-refractivity contribution in [3.8, 4) is 0 Å². The summed E-state index contributed by atoms with van der Waals surface area (Å²) in [6, 6.07) is 8.80. The third-order valence-corrected chi connectivity index (χ3v) is 6.45. The second kappa shape index (κ2) is 12.0. The highest BCUT2D eigenvalue weighted by molar-refractivity contribution is 7.12. The molecule has 168 valence electrons. The summed E-state index contributed by atoms with van der Waals surface area (Å²) in [5.74, 6) is -1.07. The summed E-state index contributed by atoms with van der Waals surface area (Å²) in [6.45, 7) is 3.26. The Kier molecular flexibility index (Phi) is 9.03. The van der Waals surface area contributed by atoms with E-state index in [0.717, 1.165) is 25.7 Å². The number of thiophene rings is 1. The van der Waals surface area contributed by atoms with Crippen molar-refractivity contribution in [3.63, 3.8) is 0 Å². The van der Waals surface area contributed by atoms with Gasteiger partial charge in [0.1, 0.15) is 11.9 Å². The molecule has 1 heterocycles. The normalized spacial score (nSPS) is 15.4. The van der Waals surface area contributed by atoms with E-state index >= 15 is 0 Å². The summed E-state index contributed by atoms with van der Waals surface area (Å²) in [5.41, 5.74) is 0.220. The van der Waals surface area contributed by atoms with Gasteiger partial charge in [-0.1, -0.05) is 43.5 Å². The quantitative estimate of drug-likeness (QED) is 0.526. The van der Waals surface area contributed by atoms with Crippen LogP contribution in [0, 0.1) is 5.82 Å². The summed E-state index contributed by atoms with van der Waals surface area (Å²) in [4.78, 5) is 28.9. The van der Waals surface area contributed by atoms with Gasteiger partial charge in [-0.25, -0.2) is 4.39 Å². The molecule has 2 aromatic rings. The molecule has 2 amide bonds. The zero-order valence-electron chi connectivity index (χ0n) is 18.0. The minimum Gasteiger partial charge on any atom is -0.382 e. The first-order chi connectivity index (χ1) is 15.1. The lowest BCUT2D eigenvalue weighted by molar-refractivity contribution is -0.127. The Labute approximate surface area is 187 Å². The highest BCUT2D eigenvalue weighted by atomic mass is 32.1. The molecule has 0 aliphatic heterocycles. The highest BCUT2D eigenvalue weighted by Crippen LogP contribution is 2.28. The molecular formula is C24H31FN2O3S. The van der Waals surface area contributed by atoms with Crippen LogP contribution in [0.15, 0.2) is 41.8 Å². The first kappa shape index (κ1) is 23.4. The molecule has 7 heteroatoms. The summed E-state index contributed by atoms with van der Waals surface area (Å²) in [7, 11) is 0. The number of halogens is 1. The van der Waals surface area contributed by atoms with Crippen molar-refractivity contribution in [1.82, 2.24) is 10.2 Å². The van der Waals surface area contributed by atoms with E-state index in [4.69, 9.17) is 4.74 Å². The molecule has 1 aromatic heterocycles. The number of amides is 2. The summed E-state index contributed by atoms with van der Waals surface area (Å²) in [6.07, 6.45) is 5.71. The van der Waals surface area contributed by atoms with Crippen molar-refractivity contribution in [3.05, 3.63) is 58.0 Å². The number of rotatable bonds is 10. The fourth-order valence-corrected chi connectivity index (χ4v) is 4.72. The van der Waals surface area contributed by atoms with Gasteiger partial charge in [0.05, 0.1) is 4.88 Å². The molecule has 0 bridgehead atoms. The van der Waals surface area contributed by atoms with Crippen LogP contribution >= 0.6 is 11.3 Å². The van der Waals surface area contributed by atoms with Gasteiger partial charge in [-0.15, -0.1) is 11.3 Å². The maximum Gasteiger partial charge on any atom is 0.264 e. The molecular weight excluding hydrogens is 415 g/mol. The van der Waals surface area contributed by atoms with Crippen LogP contribution in [0.25, 0.3) is 0 Å². The van der Waals surface area contributed by atoms with Crippen molar-refractivity contribution in [2.45, 2.75) is 57.5 Å². The lowest BCUT2D eigenvalue weighted by atomic mass is 9.94. The molecule has 1 aromatic carbocycles. The Bertz CT molecular complexity index is 837. The Morgan fingerprint density at radius 1 is 1.19 bits per heavy atom. The van der Waals surface area contributed by atoms with Gasteiger partial charge in [-0.05, 0) is 43.7 Å². The molecule has 1 unspecified atom stereocenters. The zero-order valence-corrected chi connectivity index (χ0v) is 18.8. The summed E-state index contributed by atoms with van der Waals surface area (Å²) >= 11 is 1.32. The number of nitrogens with zero attached hydrogens (tertiary/aromatic N) is 1. The van der Waals surface area contributed by atoms with E-state index in [2.05, 4.69) is 5.32 Å². The Hall–Kier alpha value is -2.25. The molecule has 31 heavy (non-hydrogen) atoms. The monoisotopic (exact) mass is 446 g/mol. The molecule has 3 rings (SSSR count). The molecule has 5 nitrogen and oxygen atoms in total. The van der Waals surface area contributed by atoms with Crippen LogP contribution in [0.4, 0.5) is 4.39 Å². The first-order valence-corrected chi connectivity index (χ1v) is 12.0. The SMILES string of the molecule is CCOCCCN(C(=O)c1cccs1)C(C(=O)NC1CCCCC1)c1ccccc1F. The molecule has 1 saturated carbocycles. The lowest BCUT2D eigenvalue weighted by Crippen LogP contribution is -2.47. The van der Waals surface area contributed by atoms with Crippen LogP contribution in [0.2, 0.25) is 0 Å². The molecule has 1 atom stereocenters. The van der Waals surface area contributed by atoms with Gasteiger partial charge in [-0.2, -0.15) is 0 Å². The maximum atomic E-state index is 14.8. The number of carbonyl (C=O) groups excluding carboxylic acids is 2. The Balaban J connectivity index is 1.91. The zero-order chi connectivity index (χ0) is 22.1. The van der Waals surface area contributed by atoms with E-state index in [1.165, 1.54) is 28.7 Å². The fraction of sp³-hybridized carbons (Fsp3) is 0.500. The third-order valence-electron chi connectivity index (χ3n) is 5.60. The molecule has 0 spiro atoms. The van der Waals surface area contributed by atoms with Gasteiger partial charge in [0.15, 0.2) is 0 Å². The molecule has 1 fully saturated rings. The molecule has 1 aliphatic rings. The minimum absolute atomic E-state index is 0.0673. The predicted octanol–water partition coefficient (Wildman–Crippen LogP) is 4.95. The predicted molar refractivity (Wildman–Crippen MR) is 121 cm³/mol. The van der Waals surface area contributed by atoms with Gasteiger partial charge >= 0.3 is 0 Å². The van der Waals surface area contributed by atoms with E-state index in [1.54, 1.807) is 30.3 Å². The number of nitrogens with one attached hydrogen (secondary N) is 1. The van der Waals surface area contributed by atoms with Gasteiger partial charge in [0, 0.05) is 31.4 Å². The van der Waals surface area contributed by atoms with Crippen LogP contribution in [0.1, 0.15) is 66.7 Å². The highest BCUT2D eigenvalue weighted by Gasteiger charge is 2.35. The van der Waals surface area contributed by atoms with Crippen LogP contribution in [-0.2, 0) is 9.53 Å². The second-order valence-electron chi connectivity index (χ2n) is 7.79. The molecule has 0 radical (unpaired) electrons. The number of hydrogen-bond donors (Lipinski definition) is 1. The summed E-state index contributed by atoms with van der Waals surface area (Å²) < 4.78 is 20.3. The second-order valence-corrected chi connectivity index (χ2v) is 8.74. The Morgan fingerprint density at radius 3 is 2.65 bits per heavy atom. The van der Waals surface area contributed by atoms with Crippen LogP contribution in [-0.4, -0.2) is 42.5 Å². The maximum absolute atomic E-state index is 14.8. The van der Waals surface area contributed by atoms with E-state index in [0.29, 0.717) is 31.1 Å². The van der Waals surface area contributed by atoms with Gasteiger partial charge < -0.3 is 15.0 Å². The molecule has 1 aliphatic carbocycles. The number of ether oxygens (including phenoxy) is 1. The third kappa shape index (κ3) is 6.37. The van der Waals surface area contributed by atoms with Crippen molar-refractivity contribution in [2.75, 3.05) is 19.8 Å². The lowest BCUT2D eigenvalue weighted by Gasteiger charge is -2.33. The van der Waals surface area contributed by atoms with Crippen LogP contribution < -0.4 is 5.32 Å². The van der Waals surface area contributed by atoms with Crippen molar-refractivity contribution < 1.29 is 18.7 Å². The van der Waals surface area contributed by atoms with Crippen molar-refractivity contribution in [1.29, 1.82) is 0 Å². The standard InChI is InChI=1S/C24H31FN2O3S/c1-2-30-16-9-15-27(24(29)21-14-8-17-31-21)22(19-12-6-7-13-20(19)25)23(28)26-18-10-4-3-5-11-18/h6-8,12-14,17-18,22H,2-5,9-11,15-16H2,1H3,(H,26,28). The van der Waals surface area contributed by atoms with Gasteiger partial charge in [0.2, 0.25) is 5.91 Å². The largest absolute Gasteiger partial charge is 0.382 e. The summed E-state index contributed by atoms with van der Waals surface area (Å²) in [5, 5.41) is 4.92. The first-order valence-electron chi connectivity index (χ1n) is 11.1. The molecule has 1 N–H and O–H groups in total. The van der Waals surface area contributed by atoms with E-state index < -0.39 is 11.9 Å². The average Bonchev–Trinajstić information content (AvgIpc) is 3.32. The Morgan fingerprint density at radius 2 is 1.97 bits per heavy atom. The van der Waals surface area contributed by atoms with Gasteiger partial charge in [0.25, 0.3) is 5.91 Å². The van der Waals surface area contributed by atoms with Crippen molar-refractivity contribution in [2.24, 2.45) is 0 Å². The van der Waals surface area contributed by atoms with Crippen LogP contribution in [0.3, 0.4) is 0 Å². The molecule has 0 saturated heterocycles. The topological polar surface area (TPSA) is 58.6 Å². The van der Waals surface area contributed by atoms with E-state index in [9.17, 15) is 14.0 Å². The van der Waals surface area contributed by atoms with Crippen molar-refractivity contribution >= 4 is 23.2 Å². The number of benzene rings is 1. The minimum atomic E-state index is -1.03. The number of hydrogen-bond acceptors (Lipinski definition) is 4. The van der Waals surface area contributed by atoms with Crippen LogP contribution in [0.5, 0.6) is 0 Å². The van der Waals surface area contributed by atoms with Gasteiger partial charge in [-0.3, -0.25) is 9.59 Å². The average molecular weight is 447 g/mol. The number of carbonyl (C=O) groups is 2.